The van der Waals surface area contributed by atoms with E-state index in [1.54, 1.807) is 13.1 Å². The third-order valence-electron chi connectivity index (χ3n) is 4.29. The molecule has 1 heterocycles. The zero-order chi connectivity index (χ0) is 19.9. The lowest BCUT2D eigenvalue weighted by atomic mass is 9.84. The van der Waals surface area contributed by atoms with E-state index in [4.69, 9.17) is 21.1 Å². The molecule has 1 aliphatic carbocycles. The summed E-state index contributed by atoms with van der Waals surface area (Å²) in [6.07, 6.45) is 11.4. The minimum absolute atomic E-state index is 0.0171. The highest BCUT2D eigenvalue weighted by molar-refractivity contribution is 6.32. The van der Waals surface area contributed by atoms with E-state index in [1.807, 2.05) is 42.5 Å². The van der Waals surface area contributed by atoms with Crippen molar-refractivity contribution < 1.29 is 19.1 Å². The Labute approximate surface area is 168 Å². The van der Waals surface area contributed by atoms with Crippen LogP contribution in [0.1, 0.15) is 24.8 Å². The lowest BCUT2D eigenvalue weighted by Gasteiger charge is -2.27. The number of carbonyl (C=O) groups excluding carboxylic acids is 2. The molecule has 0 radical (unpaired) electrons. The first-order chi connectivity index (χ1) is 13.6. The van der Waals surface area contributed by atoms with Crippen LogP contribution < -0.4 is 0 Å². The highest BCUT2D eigenvalue weighted by Gasteiger charge is 2.27. The molecule has 3 rings (SSSR count). The minimum atomic E-state index is -0.565. The molecule has 1 aromatic rings. The summed E-state index contributed by atoms with van der Waals surface area (Å²) in [6, 6.07) is 10.00. The molecule has 5 nitrogen and oxygen atoms in total. The van der Waals surface area contributed by atoms with Crippen LogP contribution in [0.15, 0.2) is 89.7 Å². The lowest BCUT2D eigenvalue weighted by Crippen LogP contribution is -2.22. The van der Waals surface area contributed by atoms with Crippen LogP contribution in [0.5, 0.6) is 0 Å². The summed E-state index contributed by atoms with van der Waals surface area (Å²) in [7, 11) is 0. The normalized spacial score (nSPS) is 18.9. The van der Waals surface area contributed by atoms with Crippen molar-refractivity contribution in [1.29, 1.82) is 0 Å². The van der Waals surface area contributed by atoms with Crippen LogP contribution in [0, 0.1) is 0 Å². The highest BCUT2D eigenvalue weighted by atomic mass is 35.5. The number of hydrogen-bond donors (Lipinski definition) is 0. The van der Waals surface area contributed by atoms with Gasteiger partial charge in [0.05, 0.1) is 12.8 Å². The fraction of sp³-hybridized carbons (Fsp3) is 0.182. The fourth-order valence-electron chi connectivity index (χ4n) is 3.01. The van der Waals surface area contributed by atoms with Gasteiger partial charge < -0.3 is 9.47 Å². The van der Waals surface area contributed by atoms with Gasteiger partial charge in [-0.2, -0.15) is 0 Å². The third-order valence-corrected chi connectivity index (χ3v) is 4.61. The summed E-state index contributed by atoms with van der Waals surface area (Å²) >= 11 is 6.49. The smallest absolute Gasteiger partial charge is 0.330 e. The maximum atomic E-state index is 12.4. The van der Waals surface area contributed by atoms with E-state index in [1.165, 1.54) is 17.4 Å². The van der Waals surface area contributed by atoms with Gasteiger partial charge in [0.25, 0.3) is 5.91 Å². The van der Waals surface area contributed by atoms with Crippen molar-refractivity contribution in [2.24, 2.45) is 0 Å². The van der Waals surface area contributed by atoms with E-state index in [2.05, 4.69) is 0 Å². The molecule has 1 unspecified atom stereocenters. The van der Waals surface area contributed by atoms with Crippen molar-refractivity contribution in [3.8, 4) is 0 Å². The van der Waals surface area contributed by atoms with Crippen molar-refractivity contribution >= 4 is 23.5 Å². The first kappa shape index (κ1) is 19.7. The molecule has 0 saturated carbocycles. The third kappa shape index (κ3) is 4.61. The number of carbonyl (C=O) groups is 2. The Bertz CT molecular complexity index is 896. The monoisotopic (exact) mass is 397 g/mol. The van der Waals surface area contributed by atoms with Gasteiger partial charge in [0, 0.05) is 34.9 Å². The van der Waals surface area contributed by atoms with Crippen LogP contribution in [0.3, 0.4) is 0 Å². The van der Waals surface area contributed by atoms with E-state index in [-0.39, 0.29) is 12.5 Å². The molecule has 144 valence electrons. The predicted octanol–water partition coefficient (Wildman–Crippen LogP) is 4.51. The standard InChI is InChI=1S/C22H20ClNO4/c1-2-27-21(26)12-11-20(25)24-13-14-28-19(15-24)22-17(9-6-10-18(22)23)16-7-4-3-5-8-16/h3-8,10-15,17H,2,9H2,1H3/b12-11+. The van der Waals surface area contributed by atoms with Crippen LogP contribution in [0.25, 0.3) is 0 Å². The summed E-state index contributed by atoms with van der Waals surface area (Å²) in [6.45, 7) is 1.95. The van der Waals surface area contributed by atoms with Crippen molar-refractivity contribution in [3.63, 3.8) is 0 Å². The average Bonchev–Trinajstić information content (AvgIpc) is 2.73. The number of nitrogens with zero attached hydrogens (tertiary/aromatic N) is 1. The molecule has 1 aliphatic heterocycles. The van der Waals surface area contributed by atoms with Crippen molar-refractivity contribution in [1.82, 2.24) is 4.90 Å². The van der Waals surface area contributed by atoms with E-state index < -0.39 is 11.9 Å². The molecule has 0 saturated heterocycles. The van der Waals surface area contributed by atoms with Gasteiger partial charge in [0.15, 0.2) is 0 Å². The summed E-state index contributed by atoms with van der Waals surface area (Å²) in [5.41, 5.74) is 1.92. The minimum Gasteiger partial charge on any atom is -0.463 e. The zero-order valence-corrected chi connectivity index (χ0v) is 16.1. The van der Waals surface area contributed by atoms with Gasteiger partial charge in [0.1, 0.15) is 12.0 Å². The second-order valence-electron chi connectivity index (χ2n) is 6.09. The second kappa shape index (κ2) is 9.24. The van der Waals surface area contributed by atoms with Crippen LogP contribution in [-0.2, 0) is 19.1 Å². The van der Waals surface area contributed by atoms with Crippen molar-refractivity contribution in [2.75, 3.05) is 6.61 Å². The number of esters is 1. The number of halogens is 1. The van der Waals surface area contributed by atoms with E-state index in [0.29, 0.717) is 10.8 Å². The Kier molecular flexibility index (Phi) is 6.50. The van der Waals surface area contributed by atoms with Gasteiger partial charge in [-0.25, -0.2) is 4.79 Å². The summed E-state index contributed by atoms with van der Waals surface area (Å²) in [4.78, 5) is 25.1. The van der Waals surface area contributed by atoms with E-state index in [0.717, 1.165) is 29.7 Å². The highest BCUT2D eigenvalue weighted by Crippen LogP contribution is 2.40. The molecule has 6 heteroatoms. The average molecular weight is 398 g/mol. The topological polar surface area (TPSA) is 55.8 Å². The molecular formula is C22H20ClNO4. The number of ether oxygens (including phenoxy) is 2. The largest absolute Gasteiger partial charge is 0.463 e. The number of hydrogen-bond acceptors (Lipinski definition) is 4. The Morgan fingerprint density at radius 2 is 2.07 bits per heavy atom. The van der Waals surface area contributed by atoms with Crippen molar-refractivity contribution in [3.05, 3.63) is 95.2 Å². The fourth-order valence-corrected chi connectivity index (χ4v) is 3.33. The van der Waals surface area contributed by atoms with Gasteiger partial charge >= 0.3 is 5.97 Å². The quantitative estimate of drug-likeness (QED) is 0.541. The molecule has 28 heavy (non-hydrogen) atoms. The van der Waals surface area contributed by atoms with Gasteiger partial charge in [-0.1, -0.05) is 48.0 Å². The van der Waals surface area contributed by atoms with Gasteiger partial charge in [-0.05, 0) is 25.0 Å². The maximum absolute atomic E-state index is 12.4. The number of amides is 1. The Morgan fingerprint density at radius 3 is 2.82 bits per heavy atom. The number of allylic oxidation sites excluding steroid dienone is 4. The molecule has 0 aromatic heterocycles. The number of benzene rings is 1. The number of rotatable bonds is 5. The molecule has 0 fully saturated rings. The molecule has 1 atom stereocenters. The van der Waals surface area contributed by atoms with E-state index in [9.17, 15) is 9.59 Å². The first-order valence-corrected chi connectivity index (χ1v) is 9.31. The SMILES string of the molecule is CCOC(=O)/C=C/C(=O)N1C=COC(C2=C(Cl)C=CCC2c2ccccc2)=C1. The van der Waals surface area contributed by atoms with Gasteiger partial charge in [-0.15, -0.1) is 0 Å². The molecule has 1 aromatic carbocycles. The summed E-state index contributed by atoms with van der Waals surface area (Å²) in [5.74, 6) is -0.457. The maximum Gasteiger partial charge on any atom is 0.330 e. The van der Waals surface area contributed by atoms with Crippen LogP contribution in [0.2, 0.25) is 0 Å². The van der Waals surface area contributed by atoms with Gasteiger partial charge in [0.2, 0.25) is 0 Å². The Hall–Kier alpha value is -3.05. The molecule has 2 aliphatic rings. The lowest BCUT2D eigenvalue weighted by molar-refractivity contribution is -0.137. The molecule has 0 spiro atoms. The summed E-state index contributed by atoms with van der Waals surface area (Å²) in [5, 5.41) is 0.566. The molecular weight excluding hydrogens is 378 g/mol. The second-order valence-corrected chi connectivity index (χ2v) is 6.50. The Morgan fingerprint density at radius 1 is 1.29 bits per heavy atom. The Balaban J connectivity index is 1.86. The van der Waals surface area contributed by atoms with Gasteiger partial charge in [-0.3, -0.25) is 9.69 Å². The first-order valence-electron chi connectivity index (χ1n) is 8.94. The molecule has 0 bridgehead atoms. The van der Waals surface area contributed by atoms with Crippen molar-refractivity contribution in [2.45, 2.75) is 19.3 Å². The van der Waals surface area contributed by atoms with Crippen LogP contribution in [-0.4, -0.2) is 23.4 Å². The zero-order valence-electron chi connectivity index (χ0n) is 15.4. The summed E-state index contributed by atoms with van der Waals surface area (Å²) < 4.78 is 10.5. The van der Waals surface area contributed by atoms with Crippen LogP contribution in [0.4, 0.5) is 0 Å². The van der Waals surface area contributed by atoms with Crippen LogP contribution >= 0.6 is 11.6 Å². The molecule has 0 N–H and O–H groups in total. The van der Waals surface area contributed by atoms with E-state index >= 15 is 0 Å². The molecule has 1 amide bonds. The predicted molar refractivity (Wildman–Crippen MR) is 107 cm³/mol.